The summed E-state index contributed by atoms with van der Waals surface area (Å²) in [4.78, 5) is 0. The first-order valence-corrected chi connectivity index (χ1v) is 7.78. The first-order valence-electron chi connectivity index (χ1n) is 5.75. The lowest BCUT2D eigenvalue weighted by Crippen LogP contribution is -2.16. The average molecular weight is 307 g/mol. The van der Waals surface area contributed by atoms with Gasteiger partial charge in [-0.15, -0.1) is 0 Å². The molecular weight excluding hydrogens is 296 g/mol. The van der Waals surface area contributed by atoms with Crippen molar-refractivity contribution < 1.29 is 8.42 Å². The number of hydrogen-bond donors (Lipinski definition) is 1. The first kappa shape index (κ1) is 14.4. The molecule has 2 aromatic rings. The van der Waals surface area contributed by atoms with Crippen LogP contribution in [0.4, 0.5) is 5.69 Å². The summed E-state index contributed by atoms with van der Waals surface area (Å²) in [7, 11) is -3.63. The fraction of sp³-hybridized carbons (Fsp3) is 0.0714. The Hall–Kier alpha value is -2.03. The Morgan fingerprint density at radius 3 is 2.45 bits per heavy atom. The van der Waals surface area contributed by atoms with E-state index in [2.05, 4.69) is 4.72 Å². The van der Waals surface area contributed by atoms with E-state index in [1.165, 1.54) is 0 Å². The van der Waals surface area contributed by atoms with Gasteiger partial charge in [0.15, 0.2) is 0 Å². The zero-order valence-electron chi connectivity index (χ0n) is 10.4. The van der Waals surface area contributed by atoms with Crippen LogP contribution >= 0.6 is 11.6 Å². The summed E-state index contributed by atoms with van der Waals surface area (Å²) in [6.45, 7) is 0. The molecule has 0 fully saturated rings. The molecule has 0 aliphatic carbocycles. The van der Waals surface area contributed by atoms with E-state index in [1.54, 1.807) is 48.5 Å². The van der Waals surface area contributed by atoms with Crippen molar-refractivity contribution >= 4 is 27.3 Å². The van der Waals surface area contributed by atoms with Crippen LogP contribution in [0.3, 0.4) is 0 Å². The molecular formula is C14H11ClN2O2S. The summed E-state index contributed by atoms with van der Waals surface area (Å²) in [5.41, 5.74) is 1.05. The molecule has 0 saturated carbocycles. The van der Waals surface area contributed by atoms with E-state index < -0.39 is 10.0 Å². The standard InChI is InChI=1S/C14H11ClN2O2S/c15-13-7-3-1-6-12(13)10-20(18,19)17-14-8-4-2-5-11(14)9-16/h1-8,17H,10H2. The molecule has 2 rings (SSSR count). The van der Waals surface area contributed by atoms with Gasteiger partial charge in [0.05, 0.1) is 17.0 Å². The number of rotatable bonds is 4. The number of halogens is 1. The summed E-state index contributed by atoms with van der Waals surface area (Å²) in [5, 5.41) is 9.34. The van der Waals surface area contributed by atoms with Crippen LogP contribution in [0.5, 0.6) is 0 Å². The molecule has 4 nitrogen and oxygen atoms in total. The van der Waals surface area contributed by atoms with E-state index >= 15 is 0 Å². The molecule has 0 amide bonds. The van der Waals surface area contributed by atoms with Gasteiger partial charge in [0.1, 0.15) is 6.07 Å². The smallest absolute Gasteiger partial charge is 0.237 e. The van der Waals surface area contributed by atoms with Gasteiger partial charge in [-0.3, -0.25) is 4.72 Å². The molecule has 0 atom stereocenters. The molecule has 0 unspecified atom stereocenters. The van der Waals surface area contributed by atoms with Gasteiger partial charge in [-0.2, -0.15) is 5.26 Å². The molecule has 20 heavy (non-hydrogen) atoms. The van der Waals surface area contributed by atoms with Crippen LogP contribution in [-0.2, 0) is 15.8 Å². The van der Waals surface area contributed by atoms with Crippen LogP contribution in [0.25, 0.3) is 0 Å². The highest BCUT2D eigenvalue weighted by Gasteiger charge is 2.15. The second-order valence-electron chi connectivity index (χ2n) is 4.11. The summed E-state index contributed by atoms with van der Waals surface area (Å²) < 4.78 is 26.6. The van der Waals surface area contributed by atoms with Gasteiger partial charge < -0.3 is 0 Å². The van der Waals surface area contributed by atoms with Gasteiger partial charge in [0.2, 0.25) is 10.0 Å². The number of nitriles is 1. The van der Waals surface area contributed by atoms with Crippen molar-refractivity contribution in [3.63, 3.8) is 0 Å². The average Bonchev–Trinajstić information content (AvgIpc) is 2.41. The van der Waals surface area contributed by atoms with Gasteiger partial charge in [-0.1, -0.05) is 41.9 Å². The maximum absolute atomic E-state index is 12.1. The third kappa shape index (κ3) is 3.50. The minimum Gasteiger partial charge on any atom is -0.282 e. The number of para-hydroxylation sites is 1. The molecule has 0 aliphatic heterocycles. The number of nitrogens with one attached hydrogen (secondary N) is 1. The molecule has 1 N–H and O–H groups in total. The van der Waals surface area contributed by atoms with Crippen LogP contribution in [0.15, 0.2) is 48.5 Å². The quantitative estimate of drug-likeness (QED) is 0.943. The van der Waals surface area contributed by atoms with Gasteiger partial charge >= 0.3 is 0 Å². The van der Waals surface area contributed by atoms with Crippen molar-refractivity contribution in [2.24, 2.45) is 0 Å². The number of sulfonamides is 1. The summed E-state index contributed by atoms with van der Waals surface area (Å²) in [5.74, 6) is -0.244. The minimum atomic E-state index is -3.63. The lowest BCUT2D eigenvalue weighted by Gasteiger charge is -2.10. The predicted molar refractivity (Wildman–Crippen MR) is 78.9 cm³/mol. The molecule has 102 valence electrons. The lowest BCUT2D eigenvalue weighted by atomic mass is 10.2. The lowest BCUT2D eigenvalue weighted by molar-refractivity contribution is 0.600. The summed E-state index contributed by atoms with van der Waals surface area (Å²) in [6, 6.07) is 15.1. The molecule has 0 saturated heterocycles. The molecule has 0 aliphatic rings. The zero-order valence-corrected chi connectivity index (χ0v) is 11.9. The van der Waals surface area contributed by atoms with E-state index in [0.717, 1.165) is 0 Å². The fourth-order valence-electron chi connectivity index (χ4n) is 1.69. The zero-order chi connectivity index (χ0) is 14.6. The minimum absolute atomic E-state index is 0.244. The Morgan fingerprint density at radius 2 is 1.75 bits per heavy atom. The van der Waals surface area contributed by atoms with Crippen LogP contribution in [0.1, 0.15) is 11.1 Å². The Balaban J connectivity index is 2.25. The fourth-order valence-corrected chi connectivity index (χ4v) is 3.22. The summed E-state index contributed by atoms with van der Waals surface area (Å²) in [6.07, 6.45) is 0. The Morgan fingerprint density at radius 1 is 1.10 bits per heavy atom. The van der Waals surface area contributed by atoms with Gasteiger partial charge in [-0.05, 0) is 23.8 Å². The molecule has 0 aromatic heterocycles. The van der Waals surface area contributed by atoms with Crippen molar-refractivity contribution in [2.75, 3.05) is 4.72 Å². The third-order valence-electron chi connectivity index (χ3n) is 2.62. The highest BCUT2D eigenvalue weighted by molar-refractivity contribution is 7.91. The predicted octanol–water partition coefficient (Wildman–Crippen LogP) is 3.15. The number of hydrogen-bond acceptors (Lipinski definition) is 3. The molecule has 0 radical (unpaired) electrons. The van der Waals surface area contributed by atoms with E-state index in [9.17, 15) is 8.42 Å². The van der Waals surface area contributed by atoms with Crippen molar-refractivity contribution in [1.29, 1.82) is 5.26 Å². The van der Waals surface area contributed by atoms with Crippen LogP contribution < -0.4 is 4.72 Å². The monoisotopic (exact) mass is 306 g/mol. The van der Waals surface area contributed by atoms with Gasteiger partial charge in [0, 0.05) is 5.02 Å². The maximum atomic E-state index is 12.1. The molecule has 0 bridgehead atoms. The third-order valence-corrected chi connectivity index (χ3v) is 4.21. The number of nitrogens with zero attached hydrogens (tertiary/aromatic N) is 1. The highest BCUT2D eigenvalue weighted by Crippen LogP contribution is 2.20. The second-order valence-corrected chi connectivity index (χ2v) is 6.24. The molecule has 0 spiro atoms. The molecule has 0 heterocycles. The van der Waals surface area contributed by atoms with E-state index in [-0.39, 0.29) is 17.0 Å². The van der Waals surface area contributed by atoms with Crippen molar-refractivity contribution in [1.82, 2.24) is 0 Å². The highest BCUT2D eigenvalue weighted by atomic mass is 35.5. The van der Waals surface area contributed by atoms with E-state index in [4.69, 9.17) is 16.9 Å². The van der Waals surface area contributed by atoms with Gasteiger partial charge in [0.25, 0.3) is 0 Å². The maximum Gasteiger partial charge on any atom is 0.237 e. The molecule has 6 heteroatoms. The van der Waals surface area contributed by atoms with Crippen molar-refractivity contribution in [3.8, 4) is 6.07 Å². The second kappa shape index (κ2) is 5.95. The van der Waals surface area contributed by atoms with E-state index in [1.807, 2.05) is 6.07 Å². The van der Waals surface area contributed by atoms with Crippen LogP contribution in [0, 0.1) is 11.3 Å². The normalized spacial score (nSPS) is 10.8. The Labute approximate surface area is 122 Å². The Bertz CT molecular complexity index is 767. The first-order chi connectivity index (χ1) is 9.52. The SMILES string of the molecule is N#Cc1ccccc1NS(=O)(=O)Cc1ccccc1Cl. The number of benzene rings is 2. The van der Waals surface area contributed by atoms with E-state index in [0.29, 0.717) is 10.6 Å². The van der Waals surface area contributed by atoms with Crippen molar-refractivity contribution in [2.45, 2.75) is 5.75 Å². The summed E-state index contributed by atoms with van der Waals surface area (Å²) >= 11 is 5.95. The van der Waals surface area contributed by atoms with Crippen molar-refractivity contribution in [3.05, 3.63) is 64.7 Å². The van der Waals surface area contributed by atoms with Crippen LogP contribution in [0.2, 0.25) is 5.02 Å². The molecule has 2 aromatic carbocycles. The Kier molecular flexibility index (Phi) is 4.28. The topological polar surface area (TPSA) is 70.0 Å². The largest absolute Gasteiger partial charge is 0.282 e. The van der Waals surface area contributed by atoms with Crippen LogP contribution in [-0.4, -0.2) is 8.42 Å². The number of anilines is 1. The van der Waals surface area contributed by atoms with Gasteiger partial charge in [-0.25, -0.2) is 8.42 Å².